The van der Waals surface area contributed by atoms with Crippen LogP contribution in [0.3, 0.4) is 0 Å². The summed E-state index contributed by atoms with van der Waals surface area (Å²) in [5.74, 6) is 1.38. The molecule has 4 N–H and O–H groups in total. The number of hydrogen-bond donors (Lipinski definition) is 2. The van der Waals surface area contributed by atoms with Crippen LogP contribution in [0.1, 0.15) is 5.56 Å². The van der Waals surface area contributed by atoms with Gasteiger partial charge in [-0.15, -0.1) is 0 Å². The van der Waals surface area contributed by atoms with Crippen molar-refractivity contribution in [3.05, 3.63) is 42.0 Å². The Morgan fingerprint density at radius 3 is 2.35 bits per heavy atom. The molecule has 4 nitrogen and oxygen atoms in total. The Hall–Kier alpha value is -2.20. The first-order chi connectivity index (χ1) is 9.71. The number of nitrogens with two attached hydrogens (primary N) is 2. The second kappa shape index (κ2) is 6.30. The quantitative estimate of drug-likeness (QED) is 0.820. The number of methoxy groups -OCH3 is 2. The Morgan fingerprint density at radius 2 is 1.75 bits per heavy atom. The van der Waals surface area contributed by atoms with Crippen LogP contribution in [0.4, 0.5) is 5.69 Å². The van der Waals surface area contributed by atoms with Crippen LogP contribution in [0.5, 0.6) is 11.5 Å². The zero-order chi connectivity index (χ0) is 14.5. The molecule has 0 fully saturated rings. The first kappa shape index (κ1) is 14.2. The highest BCUT2D eigenvalue weighted by Crippen LogP contribution is 2.41. The smallest absolute Gasteiger partial charge is 0.168 e. The number of benzene rings is 2. The van der Waals surface area contributed by atoms with Crippen LogP contribution < -0.4 is 20.9 Å². The fourth-order valence-electron chi connectivity index (χ4n) is 2.27. The van der Waals surface area contributed by atoms with Crippen molar-refractivity contribution in [2.24, 2.45) is 5.73 Å². The van der Waals surface area contributed by atoms with Gasteiger partial charge in [-0.3, -0.25) is 0 Å². The molecule has 4 heteroatoms. The number of para-hydroxylation sites is 1. The van der Waals surface area contributed by atoms with Crippen molar-refractivity contribution in [1.29, 1.82) is 0 Å². The Bertz CT molecular complexity index is 597. The van der Waals surface area contributed by atoms with Gasteiger partial charge in [0.2, 0.25) is 0 Å². The lowest BCUT2D eigenvalue weighted by atomic mass is 9.98. The minimum atomic E-state index is 0.583. The normalized spacial score (nSPS) is 10.3. The summed E-state index contributed by atoms with van der Waals surface area (Å²) in [4.78, 5) is 0. The fourth-order valence-corrected chi connectivity index (χ4v) is 2.27. The highest BCUT2D eigenvalue weighted by atomic mass is 16.5. The number of anilines is 1. The molecule has 0 aliphatic carbocycles. The molecule has 0 heterocycles. The number of ether oxygens (including phenoxy) is 2. The van der Waals surface area contributed by atoms with Gasteiger partial charge in [-0.2, -0.15) is 0 Å². The van der Waals surface area contributed by atoms with E-state index in [1.54, 1.807) is 14.2 Å². The van der Waals surface area contributed by atoms with Gasteiger partial charge in [-0.05, 0) is 36.7 Å². The van der Waals surface area contributed by atoms with Gasteiger partial charge < -0.3 is 20.9 Å². The van der Waals surface area contributed by atoms with E-state index >= 15 is 0 Å². The molecule has 0 spiro atoms. The van der Waals surface area contributed by atoms with Gasteiger partial charge in [-0.1, -0.05) is 18.2 Å². The monoisotopic (exact) mass is 272 g/mol. The molecule has 0 saturated heterocycles. The van der Waals surface area contributed by atoms with Gasteiger partial charge in [-0.25, -0.2) is 0 Å². The van der Waals surface area contributed by atoms with Crippen molar-refractivity contribution in [1.82, 2.24) is 0 Å². The Morgan fingerprint density at radius 1 is 1.00 bits per heavy atom. The molecule has 0 aromatic heterocycles. The van der Waals surface area contributed by atoms with Gasteiger partial charge in [0.25, 0.3) is 0 Å². The second-order valence-electron chi connectivity index (χ2n) is 4.50. The summed E-state index contributed by atoms with van der Waals surface area (Å²) >= 11 is 0. The van der Waals surface area contributed by atoms with Crippen molar-refractivity contribution in [3.63, 3.8) is 0 Å². The van der Waals surface area contributed by atoms with Crippen molar-refractivity contribution in [3.8, 4) is 22.6 Å². The van der Waals surface area contributed by atoms with Crippen molar-refractivity contribution < 1.29 is 9.47 Å². The molecule has 2 aromatic rings. The molecule has 2 aromatic carbocycles. The van der Waals surface area contributed by atoms with Crippen molar-refractivity contribution >= 4 is 5.69 Å². The summed E-state index contributed by atoms with van der Waals surface area (Å²) in [6.45, 7) is 0.583. The maximum atomic E-state index is 6.07. The summed E-state index contributed by atoms with van der Waals surface area (Å²) in [6.07, 6.45) is 0.778. The van der Waals surface area contributed by atoms with Crippen LogP contribution in [0.2, 0.25) is 0 Å². The Kier molecular flexibility index (Phi) is 4.48. The van der Waals surface area contributed by atoms with Crippen LogP contribution in [0, 0.1) is 0 Å². The molecule has 0 aliphatic heterocycles. The van der Waals surface area contributed by atoms with Gasteiger partial charge in [0.1, 0.15) is 0 Å². The standard InChI is InChI=1S/C16H20N2O2/c1-19-15-10-11(7-8-17)9-13(16(15)20-2)12-5-3-4-6-14(12)18/h3-6,9-10H,7-8,17-18H2,1-2H3. The second-order valence-corrected chi connectivity index (χ2v) is 4.50. The molecule has 0 aliphatic rings. The summed E-state index contributed by atoms with van der Waals surface area (Å²) in [5, 5.41) is 0. The van der Waals surface area contributed by atoms with E-state index in [1.165, 1.54) is 0 Å². The third-order valence-corrected chi connectivity index (χ3v) is 3.22. The van der Waals surface area contributed by atoms with Gasteiger partial charge >= 0.3 is 0 Å². The van der Waals surface area contributed by atoms with Crippen molar-refractivity contribution in [2.75, 3.05) is 26.5 Å². The number of nitrogen functional groups attached to an aromatic ring is 1. The molecular weight excluding hydrogens is 252 g/mol. The average molecular weight is 272 g/mol. The maximum Gasteiger partial charge on any atom is 0.168 e. The number of hydrogen-bond acceptors (Lipinski definition) is 4. The summed E-state index contributed by atoms with van der Waals surface area (Å²) < 4.78 is 10.9. The van der Waals surface area contributed by atoms with Crippen LogP contribution in [-0.2, 0) is 6.42 Å². The fraction of sp³-hybridized carbons (Fsp3) is 0.250. The van der Waals surface area contributed by atoms with E-state index in [2.05, 4.69) is 6.07 Å². The third kappa shape index (κ3) is 2.70. The minimum absolute atomic E-state index is 0.583. The predicted octanol–water partition coefficient (Wildman–Crippen LogP) is 2.45. The van der Waals surface area contributed by atoms with Gasteiger partial charge in [0.15, 0.2) is 11.5 Å². The lowest BCUT2D eigenvalue weighted by molar-refractivity contribution is 0.356. The average Bonchev–Trinajstić information content (AvgIpc) is 2.47. The largest absolute Gasteiger partial charge is 0.493 e. The molecule has 0 unspecified atom stereocenters. The zero-order valence-corrected chi connectivity index (χ0v) is 11.8. The van der Waals surface area contributed by atoms with Crippen LogP contribution in [-0.4, -0.2) is 20.8 Å². The van der Waals surface area contributed by atoms with E-state index in [0.29, 0.717) is 23.7 Å². The summed E-state index contributed by atoms with van der Waals surface area (Å²) in [5.41, 5.74) is 15.4. The molecule has 0 amide bonds. The lowest BCUT2D eigenvalue weighted by Crippen LogP contribution is -2.04. The van der Waals surface area contributed by atoms with Crippen LogP contribution >= 0.6 is 0 Å². The highest BCUT2D eigenvalue weighted by molar-refractivity contribution is 5.82. The highest BCUT2D eigenvalue weighted by Gasteiger charge is 2.15. The van der Waals surface area contributed by atoms with E-state index in [0.717, 1.165) is 23.1 Å². The topological polar surface area (TPSA) is 70.5 Å². The molecule has 20 heavy (non-hydrogen) atoms. The predicted molar refractivity (Wildman–Crippen MR) is 82.2 cm³/mol. The molecule has 0 bridgehead atoms. The summed E-state index contributed by atoms with van der Waals surface area (Å²) in [7, 11) is 3.26. The van der Waals surface area contributed by atoms with E-state index < -0.39 is 0 Å². The van der Waals surface area contributed by atoms with E-state index in [9.17, 15) is 0 Å². The van der Waals surface area contributed by atoms with Crippen molar-refractivity contribution in [2.45, 2.75) is 6.42 Å². The van der Waals surface area contributed by atoms with Crippen LogP contribution in [0.15, 0.2) is 36.4 Å². The molecule has 2 rings (SSSR count). The zero-order valence-electron chi connectivity index (χ0n) is 11.8. The molecule has 0 saturated carbocycles. The molecule has 0 atom stereocenters. The third-order valence-electron chi connectivity index (χ3n) is 3.22. The SMILES string of the molecule is COc1cc(CCN)cc(-c2ccccc2N)c1OC. The van der Waals surface area contributed by atoms with E-state index in [-0.39, 0.29) is 0 Å². The first-order valence-corrected chi connectivity index (χ1v) is 6.51. The number of rotatable bonds is 5. The van der Waals surface area contributed by atoms with E-state index in [1.807, 2.05) is 30.3 Å². The summed E-state index contributed by atoms with van der Waals surface area (Å²) in [6, 6.07) is 11.7. The van der Waals surface area contributed by atoms with E-state index in [4.69, 9.17) is 20.9 Å². The van der Waals surface area contributed by atoms with Gasteiger partial charge in [0.05, 0.1) is 14.2 Å². The Labute approximate surface area is 119 Å². The molecular formula is C16H20N2O2. The first-order valence-electron chi connectivity index (χ1n) is 6.51. The molecule has 106 valence electrons. The lowest BCUT2D eigenvalue weighted by Gasteiger charge is -2.16. The molecule has 0 radical (unpaired) electrons. The van der Waals surface area contributed by atoms with Crippen LogP contribution in [0.25, 0.3) is 11.1 Å². The maximum absolute atomic E-state index is 6.07. The van der Waals surface area contributed by atoms with Gasteiger partial charge in [0, 0.05) is 16.8 Å². The minimum Gasteiger partial charge on any atom is -0.493 e. The Balaban J connectivity index is 2.66.